The van der Waals surface area contributed by atoms with Crippen molar-refractivity contribution in [1.82, 2.24) is 15.3 Å². The van der Waals surface area contributed by atoms with E-state index in [0.29, 0.717) is 24.1 Å². The Bertz CT molecular complexity index is 666. The first kappa shape index (κ1) is 18.5. The topological polar surface area (TPSA) is 76.1 Å². The summed E-state index contributed by atoms with van der Waals surface area (Å²) < 4.78 is 5.07. The zero-order valence-corrected chi connectivity index (χ0v) is 15.0. The van der Waals surface area contributed by atoms with Gasteiger partial charge in [0.1, 0.15) is 5.82 Å². The van der Waals surface area contributed by atoms with Gasteiger partial charge in [-0.15, -0.1) is 0 Å². The van der Waals surface area contributed by atoms with E-state index in [-0.39, 0.29) is 5.91 Å². The SMILES string of the molecule is CCCCNC(=O)CSc1nc(NCCOC)c2ccccc2n1. The number of ether oxygens (including phenoxy) is 1. The van der Waals surface area contributed by atoms with Crippen LogP contribution in [0.25, 0.3) is 10.9 Å². The fourth-order valence-electron chi connectivity index (χ4n) is 2.11. The van der Waals surface area contributed by atoms with Crippen LogP contribution in [0.1, 0.15) is 19.8 Å². The van der Waals surface area contributed by atoms with E-state index in [1.54, 1.807) is 7.11 Å². The Labute approximate surface area is 146 Å². The Morgan fingerprint density at radius 3 is 2.88 bits per heavy atom. The number of para-hydroxylation sites is 1. The van der Waals surface area contributed by atoms with Crippen molar-refractivity contribution in [2.24, 2.45) is 0 Å². The van der Waals surface area contributed by atoms with Crippen LogP contribution in [-0.4, -0.2) is 48.4 Å². The van der Waals surface area contributed by atoms with Gasteiger partial charge in [-0.2, -0.15) is 0 Å². The molecule has 0 aliphatic heterocycles. The summed E-state index contributed by atoms with van der Waals surface area (Å²) in [4.78, 5) is 20.9. The number of carbonyl (C=O) groups is 1. The van der Waals surface area contributed by atoms with Crippen molar-refractivity contribution in [2.75, 3.05) is 37.9 Å². The highest BCUT2D eigenvalue weighted by atomic mass is 32.2. The standard InChI is InChI=1S/C17H24N4O2S/c1-3-4-9-18-15(22)12-24-17-20-14-8-6-5-7-13(14)16(21-17)19-10-11-23-2/h5-8H,3-4,9-12H2,1-2H3,(H,18,22)(H,19,20,21). The number of nitrogens with zero attached hydrogens (tertiary/aromatic N) is 2. The molecule has 24 heavy (non-hydrogen) atoms. The molecule has 7 heteroatoms. The predicted molar refractivity (Wildman–Crippen MR) is 98.5 cm³/mol. The Hall–Kier alpha value is -1.86. The maximum Gasteiger partial charge on any atom is 0.230 e. The Kier molecular flexibility index (Phi) is 7.77. The highest BCUT2D eigenvalue weighted by Gasteiger charge is 2.09. The van der Waals surface area contributed by atoms with Crippen LogP contribution in [0.4, 0.5) is 5.82 Å². The van der Waals surface area contributed by atoms with Crippen LogP contribution >= 0.6 is 11.8 Å². The smallest absolute Gasteiger partial charge is 0.230 e. The van der Waals surface area contributed by atoms with Crippen LogP contribution in [0, 0.1) is 0 Å². The second-order valence-electron chi connectivity index (χ2n) is 5.28. The zero-order chi connectivity index (χ0) is 17.2. The lowest BCUT2D eigenvalue weighted by molar-refractivity contribution is -0.118. The van der Waals surface area contributed by atoms with Crippen LogP contribution in [0.5, 0.6) is 0 Å². The van der Waals surface area contributed by atoms with Gasteiger partial charge in [-0.1, -0.05) is 37.2 Å². The summed E-state index contributed by atoms with van der Waals surface area (Å²) >= 11 is 1.35. The van der Waals surface area contributed by atoms with E-state index >= 15 is 0 Å². The minimum absolute atomic E-state index is 0.0131. The fourth-order valence-corrected chi connectivity index (χ4v) is 2.79. The summed E-state index contributed by atoms with van der Waals surface area (Å²) in [6.45, 7) is 4.08. The number of unbranched alkanes of at least 4 members (excludes halogenated alkanes) is 1. The lowest BCUT2D eigenvalue weighted by Gasteiger charge is -2.10. The quantitative estimate of drug-likeness (QED) is 0.391. The van der Waals surface area contributed by atoms with E-state index in [2.05, 4.69) is 27.5 Å². The molecule has 2 aromatic rings. The summed E-state index contributed by atoms with van der Waals surface area (Å²) in [6.07, 6.45) is 2.06. The largest absolute Gasteiger partial charge is 0.383 e. The van der Waals surface area contributed by atoms with Gasteiger partial charge < -0.3 is 15.4 Å². The second kappa shape index (κ2) is 10.1. The molecule has 2 N–H and O–H groups in total. The van der Waals surface area contributed by atoms with Crippen molar-refractivity contribution in [3.63, 3.8) is 0 Å². The van der Waals surface area contributed by atoms with E-state index in [9.17, 15) is 4.79 Å². The molecule has 0 radical (unpaired) electrons. The lowest BCUT2D eigenvalue weighted by Crippen LogP contribution is -2.26. The van der Waals surface area contributed by atoms with Crippen molar-refractivity contribution in [3.05, 3.63) is 24.3 Å². The summed E-state index contributed by atoms with van der Waals surface area (Å²) in [5.41, 5.74) is 0.862. The maximum absolute atomic E-state index is 11.8. The van der Waals surface area contributed by atoms with Crippen LogP contribution < -0.4 is 10.6 Å². The normalized spacial score (nSPS) is 10.8. The molecular formula is C17H24N4O2S. The number of anilines is 1. The molecule has 0 aliphatic carbocycles. The Morgan fingerprint density at radius 1 is 1.25 bits per heavy atom. The molecule has 0 bridgehead atoms. The molecule has 0 fully saturated rings. The third-order valence-electron chi connectivity index (χ3n) is 3.37. The first-order valence-electron chi connectivity index (χ1n) is 8.13. The zero-order valence-electron chi connectivity index (χ0n) is 14.2. The van der Waals surface area contributed by atoms with E-state index in [1.807, 2.05) is 24.3 Å². The molecule has 0 saturated heterocycles. The lowest BCUT2D eigenvalue weighted by atomic mass is 10.2. The number of nitrogens with one attached hydrogen (secondary N) is 2. The van der Waals surface area contributed by atoms with Gasteiger partial charge in [-0.05, 0) is 18.6 Å². The van der Waals surface area contributed by atoms with Gasteiger partial charge in [0.2, 0.25) is 5.91 Å². The van der Waals surface area contributed by atoms with Crippen LogP contribution in [0.2, 0.25) is 0 Å². The van der Waals surface area contributed by atoms with Crippen molar-refractivity contribution in [3.8, 4) is 0 Å². The molecular weight excluding hydrogens is 324 g/mol. The summed E-state index contributed by atoms with van der Waals surface area (Å²) in [5.74, 6) is 1.10. The number of rotatable bonds is 10. The molecule has 0 atom stereocenters. The molecule has 130 valence electrons. The first-order chi connectivity index (χ1) is 11.7. The first-order valence-corrected chi connectivity index (χ1v) is 9.12. The third kappa shape index (κ3) is 5.65. The minimum atomic E-state index is 0.0131. The van der Waals surface area contributed by atoms with Gasteiger partial charge >= 0.3 is 0 Å². The van der Waals surface area contributed by atoms with Crippen LogP contribution in [0.3, 0.4) is 0 Å². The molecule has 0 aliphatic rings. The number of hydrogen-bond donors (Lipinski definition) is 2. The van der Waals surface area contributed by atoms with E-state index in [1.165, 1.54) is 11.8 Å². The van der Waals surface area contributed by atoms with Crippen molar-refractivity contribution in [1.29, 1.82) is 0 Å². The van der Waals surface area contributed by atoms with Crippen molar-refractivity contribution in [2.45, 2.75) is 24.9 Å². The number of fused-ring (bicyclic) bond motifs is 1. The molecule has 0 spiro atoms. The number of benzene rings is 1. The molecule has 0 saturated carbocycles. The monoisotopic (exact) mass is 348 g/mol. The predicted octanol–water partition coefficient (Wildman–Crippen LogP) is 2.70. The van der Waals surface area contributed by atoms with Crippen LogP contribution in [0.15, 0.2) is 29.4 Å². The second-order valence-corrected chi connectivity index (χ2v) is 6.23. The van der Waals surface area contributed by atoms with Crippen molar-refractivity contribution < 1.29 is 9.53 Å². The highest BCUT2D eigenvalue weighted by Crippen LogP contribution is 2.24. The van der Waals surface area contributed by atoms with Gasteiger partial charge in [0.05, 0.1) is 17.9 Å². The number of methoxy groups -OCH3 is 1. The minimum Gasteiger partial charge on any atom is -0.383 e. The van der Waals surface area contributed by atoms with Gasteiger partial charge in [0.15, 0.2) is 5.16 Å². The number of amides is 1. The van der Waals surface area contributed by atoms with Gasteiger partial charge in [-0.3, -0.25) is 4.79 Å². The summed E-state index contributed by atoms with van der Waals surface area (Å²) in [5, 5.41) is 7.73. The molecule has 1 amide bonds. The average Bonchev–Trinajstić information content (AvgIpc) is 2.60. The van der Waals surface area contributed by atoms with E-state index in [4.69, 9.17) is 4.74 Å². The van der Waals surface area contributed by atoms with Gasteiger partial charge in [0.25, 0.3) is 0 Å². The number of aromatic nitrogens is 2. The molecule has 0 unspecified atom stereocenters. The highest BCUT2D eigenvalue weighted by molar-refractivity contribution is 7.99. The molecule has 6 nitrogen and oxygen atoms in total. The maximum atomic E-state index is 11.8. The van der Waals surface area contributed by atoms with E-state index < -0.39 is 0 Å². The van der Waals surface area contributed by atoms with Gasteiger partial charge in [-0.25, -0.2) is 9.97 Å². The number of thioether (sulfide) groups is 1. The van der Waals surface area contributed by atoms with Crippen LogP contribution in [-0.2, 0) is 9.53 Å². The third-order valence-corrected chi connectivity index (χ3v) is 4.21. The molecule has 1 heterocycles. The van der Waals surface area contributed by atoms with Gasteiger partial charge in [0, 0.05) is 25.6 Å². The molecule has 2 rings (SSSR count). The summed E-state index contributed by atoms with van der Waals surface area (Å²) in [6, 6.07) is 7.83. The fraction of sp³-hybridized carbons (Fsp3) is 0.471. The molecule has 1 aromatic carbocycles. The Morgan fingerprint density at radius 2 is 2.08 bits per heavy atom. The molecule has 1 aromatic heterocycles. The van der Waals surface area contributed by atoms with Crippen molar-refractivity contribution >= 4 is 34.4 Å². The number of hydrogen-bond acceptors (Lipinski definition) is 6. The average molecular weight is 348 g/mol. The Balaban J connectivity index is 2.05. The number of carbonyl (C=O) groups excluding carboxylic acids is 1. The summed E-state index contributed by atoms with van der Waals surface area (Å²) in [7, 11) is 1.66. The van der Waals surface area contributed by atoms with E-state index in [0.717, 1.165) is 36.1 Å².